The molecule has 8 nitrogen and oxygen atoms in total. The lowest BCUT2D eigenvalue weighted by Crippen LogP contribution is -2.55. The first-order valence-electron chi connectivity index (χ1n) is 9.68. The largest absolute Gasteiger partial charge is 0.383 e. The quantitative estimate of drug-likeness (QED) is 0.829. The fourth-order valence-electron chi connectivity index (χ4n) is 4.12. The van der Waals surface area contributed by atoms with Crippen LogP contribution in [-0.4, -0.2) is 60.0 Å². The number of carbonyl (C=O) groups excluding carboxylic acids is 2. The van der Waals surface area contributed by atoms with Gasteiger partial charge in [0.15, 0.2) is 0 Å². The number of amides is 3. The van der Waals surface area contributed by atoms with Gasteiger partial charge in [-0.3, -0.25) is 9.69 Å². The Hall–Kier alpha value is -2.58. The monoisotopic (exact) mass is 417 g/mol. The summed E-state index contributed by atoms with van der Waals surface area (Å²) in [5.74, 6) is 0.881. The number of fused-ring (bicyclic) bond motifs is 2. The summed E-state index contributed by atoms with van der Waals surface area (Å²) in [6.45, 7) is 2.10. The van der Waals surface area contributed by atoms with E-state index in [0.29, 0.717) is 56.2 Å². The Morgan fingerprint density at radius 1 is 1.24 bits per heavy atom. The lowest BCUT2D eigenvalue weighted by atomic mass is 9.82. The number of benzene rings is 1. The van der Waals surface area contributed by atoms with Crippen LogP contribution in [0.3, 0.4) is 0 Å². The molecule has 154 valence electrons. The summed E-state index contributed by atoms with van der Waals surface area (Å²) in [6, 6.07) is 8.75. The van der Waals surface area contributed by atoms with Crippen molar-refractivity contribution in [2.75, 3.05) is 43.6 Å². The molecular formula is C20H24ClN5O3. The van der Waals surface area contributed by atoms with E-state index >= 15 is 0 Å². The summed E-state index contributed by atoms with van der Waals surface area (Å²) >= 11 is 5.89. The summed E-state index contributed by atoms with van der Waals surface area (Å²) < 4.78 is 7.11. The van der Waals surface area contributed by atoms with E-state index < -0.39 is 0 Å². The molecule has 1 saturated heterocycles. The molecule has 1 aromatic carbocycles. The van der Waals surface area contributed by atoms with E-state index in [0.717, 1.165) is 5.82 Å². The Balaban J connectivity index is 1.45. The van der Waals surface area contributed by atoms with Crippen LogP contribution >= 0.6 is 11.6 Å². The highest BCUT2D eigenvalue weighted by atomic mass is 35.5. The highest BCUT2D eigenvalue weighted by Gasteiger charge is 2.46. The number of likely N-dealkylation sites (tertiary alicyclic amines) is 1. The van der Waals surface area contributed by atoms with Gasteiger partial charge in [0.2, 0.25) is 5.91 Å². The zero-order valence-corrected chi connectivity index (χ0v) is 17.1. The molecule has 0 radical (unpaired) electrons. The van der Waals surface area contributed by atoms with Crippen molar-refractivity contribution < 1.29 is 14.3 Å². The van der Waals surface area contributed by atoms with Gasteiger partial charge >= 0.3 is 6.03 Å². The van der Waals surface area contributed by atoms with Crippen LogP contribution in [-0.2, 0) is 15.1 Å². The van der Waals surface area contributed by atoms with Crippen LogP contribution in [0, 0.1) is 0 Å². The maximum atomic E-state index is 12.8. The van der Waals surface area contributed by atoms with E-state index in [1.165, 1.54) is 0 Å². The number of anilines is 2. The summed E-state index contributed by atoms with van der Waals surface area (Å²) in [5.41, 5.74) is 0.326. The second kappa shape index (κ2) is 8.04. The Labute approximate surface area is 174 Å². The van der Waals surface area contributed by atoms with Crippen LogP contribution in [0.2, 0.25) is 5.02 Å². The molecule has 4 rings (SSSR count). The van der Waals surface area contributed by atoms with Crippen molar-refractivity contribution in [3.05, 3.63) is 41.6 Å². The first-order valence-corrected chi connectivity index (χ1v) is 10.1. The summed E-state index contributed by atoms with van der Waals surface area (Å²) in [6.07, 6.45) is 3.48. The molecule has 0 unspecified atom stereocenters. The molecule has 2 aliphatic rings. The smallest absolute Gasteiger partial charge is 0.321 e. The van der Waals surface area contributed by atoms with Crippen LogP contribution < -0.4 is 10.2 Å². The van der Waals surface area contributed by atoms with Crippen molar-refractivity contribution >= 4 is 35.0 Å². The number of piperidine rings is 1. The van der Waals surface area contributed by atoms with Gasteiger partial charge in [-0.15, -0.1) is 0 Å². The van der Waals surface area contributed by atoms with E-state index in [-0.39, 0.29) is 17.5 Å². The van der Waals surface area contributed by atoms with Crippen molar-refractivity contribution in [1.29, 1.82) is 0 Å². The van der Waals surface area contributed by atoms with Crippen LogP contribution in [0.15, 0.2) is 36.5 Å². The minimum absolute atomic E-state index is 0.0779. The minimum atomic E-state index is -0.378. The Morgan fingerprint density at radius 2 is 1.97 bits per heavy atom. The van der Waals surface area contributed by atoms with Crippen LogP contribution in [0.25, 0.3) is 0 Å². The molecule has 1 fully saturated rings. The number of nitrogens with one attached hydrogen (secondary N) is 1. The second-order valence-corrected chi connectivity index (χ2v) is 7.90. The topological polar surface area (TPSA) is 79.7 Å². The van der Waals surface area contributed by atoms with E-state index in [2.05, 4.69) is 10.4 Å². The minimum Gasteiger partial charge on any atom is -0.383 e. The Bertz CT molecular complexity index is 890. The lowest BCUT2D eigenvalue weighted by molar-refractivity contribution is -0.123. The summed E-state index contributed by atoms with van der Waals surface area (Å²) in [7, 11) is 1.62. The fraction of sp³-hybridized carbons (Fsp3) is 0.450. The van der Waals surface area contributed by atoms with Gasteiger partial charge in [0.05, 0.1) is 31.3 Å². The highest BCUT2D eigenvalue weighted by molar-refractivity contribution is 6.30. The third-order valence-corrected chi connectivity index (χ3v) is 5.98. The maximum absolute atomic E-state index is 12.8. The molecule has 1 aromatic heterocycles. The molecule has 2 aromatic rings. The van der Waals surface area contributed by atoms with Crippen molar-refractivity contribution in [3.8, 4) is 0 Å². The first-order chi connectivity index (χ1) is 14.0. The van der Waals surface area contributed by atoms with Crippen molar-refractivity contribution in [2.24, 2.45) is 0 Å². The van der Waals surface area contributed by atoms with Crippen molar-refractivity contribution in [3.63, 3.8) is 0 Å². The normalized spacial score (nSPS) is 18.1. The fourth-order valence-corrected chi connectivity index (χ4v) is 4.24. The number of carbonyl (C=O) groups is 2. The van der Waals surface area contributed by atoms with E-state index in [1.807, 2.05) is 10.7 Å². The number of ether oxygens (including phenoxy) is 1. The molecule has 0 aliphatic carbocycles. The first kappa shape index (κ1) is 19.7. The number of halogens is 1. The molecule has 3 heterocycles. The molecule has 29 heavy (non-hydrogen) atoms. The molecule has 9 heteroatoms. The highest BCUT2D eigenvalue weighted by Crippen LogP contribution is 2.40. The molecule has 1 N–H and O–H groups in total. The molecule has 3 amide bonds. The number of methoxy groups -OCH3 is 1. The summed E-state index contributed by atoms with van der Waals surface area (Å²) in [5, 5.41) is 8.05. The number of aromatic nitrogens is 2. The zero-order chi connectivity index (χ0) is 20.4. The Morgan fingerprint density at radius 3 is 2.66 bits per heavy atom. The van der Waals surface area contributed by atoms with E-state index in [9.17, 15) is 9.59 Å². The summed E-state index contributed by atoms with van der Waals surface area (Å²) in [4.78, 5) is 29.0. The predicted molar refractivity (Wildman–Crippen MR) is 110 cm³/mol. The number of urea groups is 1. The van der Waals surface area contributed by atoms with Gasteiger partial charge < -0.3 is 15.0 Å². The van der Waals surface area contributed by atoms with Gasteiger partial charge in [-0.05, 0) is 37.1 Å². The predicted octanol–water partition coefficient (Wildman–Crippen LogP) is 2.94. The van der Waals surface area contributed by atoms with Crippen LogP contribution in [0.1, 0.15) is 19.3 Å². The average Bonchev–Trinajstić information content (AvgIpc) is 3.21. The van der Waals surface area contributed by atoms with Gasteiger partial charge in [-0.1, -0.05) is 11.6 Å². The van der Waals surface area contributed by atoms with Crippen molar-refractivity contribution in [2.45, 2.75) is 24.8 Å². The van der Waals surface area contributed by atoms with Crippen LogP contribution in [0.5, 0.6) is 0 Å². The molecule has 2 aliphatic heterocycles. The number of rotatable bonds is 4. The van der Waals surface area contributed by atoms with E-state index in [4.69, 9.17) is 16.3 Å². The van der Waals surface area contributed by atoms with Gasteiger partial charge in [0.1, 0.15) is 5.82 Å². The zero-order valence-electron chi connectivity index (χ0n) is 16.3. The third kappa shape index (κ3) is 3.82. The van der Waals surface area contributed by atoms with Crippen molar-refractivity contribution in [1.82, 2.24) is 14.7 Å². The Kier molecular flexibility index (Phi) is 5.47. The van der Waals surface area contributed by atoms with E-state index in [1.54, 1.807) is 47.4 Å². The number of nitrogens with zero attached hydrogens (tertiary/aromatic N) is 4. The third-order valence-electron chi connectivity index (χ3n) is 5.73. The standard InChI is InChI=1S/C20H24ClN5O3/c1-29-13-12-25-17-6-9-22-26(17)20(14-18(25)27)7-10-24(11-8-20)19(28)23-16-4-2-15(21)3-5-16/h2-6,9H,7-8,10-14H2,1H3,(H,23,28). The van der Waals surface area contributed by atoms with Gasteiger partial charge in [0, 0.05) is 37.0 Å². The van der Waals surface area contributed by atoms with Gasteiger partial charge in [0.25, 0.3) is 0 Å². The molecule has 0 saturated carbocycles. The molecular weight excluding hydrogens is 394 g/mol. The van der Waals surface area contributed by atoms with Gasteiger partial charge in [-0.2, -0.15) is 5.10 Å². The lowest BCUT2D eigenvalue weighted by Gasteiger charge is -2.46. The average molecular weight is 418 g/mol. The molecule has 1 spiro atoms. The van der Waals surface area contributed by atoms with Crippen LogP contribution in [0.4, 0.5) is 16.3 Å². The maximum Gasteiger partial charge on any atom is 0.321 e. The van der Waals surface area contributed by atoms with Gasteiger partial charge in [-0.25, -0.2) is 9.48 Å². The molecule has 0 bridgehead atoms. The second-order valence-electron chi connectivity index (χ2n) is 7.46. The number of hydrogen-bond acceptors (Lipinski definition) is 4. The number of hydrogen-bond donors (Lipinski definition) is 1. The SMILES string of the molecule is COCCN1C(=O)CC2(CCN(C(=O)Nc3ccc(Cl)cc3)CC2)n2nccc21. The molecule has 0 atom stereocenters.